The number of benzene rings is 1. The number of carbonyl (C=O) groups is 1. The van der Waals surface area contributed by atoms with E-state index < -0.39 is 17.5 Å². The second-order valence-electron chi connectivity index (χ2n) is 3.31. The number of carboxylic acid groups (broad SMARTS) is 1. The van der Waals surface area contributed by atoms with E-state index in [1.165, 1.54) is 7.11 Å². The first-order valence-corrected chi connectivity index (χ1v) is 5.05. The van der Waals surface area contributed by atoms with Crippen LogP contribution in [0.4, 0.5) is 0 Å². The summed E-state index contributed by atoms with van der Waals surface area (Å²) in [6.07, 6.45) is 0. The first-order chi connectivity index (χ1) is 8.56. The van der Waals surface area contributed by atoms with Crippen LogP contribution in [0.15, 0.2) is 12.1 Å². The van der Waals surface area contributed by atoms with E-state index in [4.69, 9.17) is 19.3 Å². The molecule has 0 heterocycles. The SMILES string of the molecule is COCCOCOc1cc(C(=O)O)cc(O)c1O. The molecular formula is C11H14O7. The maximum absolute atomic E-state index is 10.7. The van der Waals surface area contributed by atoms with Crippen molar-refractivity contribution in [1.29, 1.82) is 0 Å². The van der Waals surface area contributed by atoms with Gasteiger partial charge in [-0.05, 0) is 12.1 Å². The predicted molar refractivity (Wildman–Crippen MR) is 60.1 cm³/mol. The third-order valence-electron chi connectivity index (χ3n) is 2.03. The molecule has 1 rings (SSSR count). The lowest BCUT2D eigenvalue weighted by Crippen LogP contribution is -2.08. The van der Waals surface area contributed by atoms with Crippen molar-refractivity contribution in [2.45, 2.75) is 0 Å². The minimum atomic E-state index is -1.24. The molecule has 3 N–H and O–H groups in total. The molecule has 0 saturated heterocycles. The fourth-order valence-corrected chi connectivity index (χ4v) is 1.13. The van der Waals surface area contributed by atoms with Crippen LogP contribution in [0.2, 0.25) is 0 Å². The molecule has 0 fully saturated rings. The van der Waals surface area contributed by atoms with E-state index in [-0.39, 0.29) is 18.1 Å². The molecule has 0 atom stereocenters. The number of aromatic hydroxyl groups is 2. The summed E-state index contributed by atoms with van der Waals surface area (Å²) < 4.78 is 14.7. The van der Waals surface area contributed by atoms with Crippen LogP contribution in [0.1, 0.15) is 10.4 Å². The third-order valence-corrected chi connectivity index (χ3v) is 2.03. The lowest BCUT2D eigenvalue weighted by molar-refractivity contribution is -0.00962. The Labute approximate surface area is 103 Å². The smallest absolute Gasteiger partial charge is 0.335 e. The average Bonchev–Trinajstić information content (AvgIpc) is 2.33. The highest BCUT2D eigenvalue weighted by atomic mass is 16.7. The number of phenols is 2. The van der Waals surface area contributed by atoms with Gasteiger partial charge in [0.15, 0.2) is 18.3 Å². The second-order valence-corrected chi connectivity index (χ2v) is 3.31. The van der Waals surface area contributed by atoms with Gasteiger partial charge >= 0.3 is 5.97 Å². The number of hydrogen-bond acceptors (Lipinski definition) is 6. The van der Waals surface area contributed by atoms with Gasteiger partial charge < -0.3 is 29.5 Å². The van der Waals surface area contributed by atoms with Crippen molar-refractivity contribution < 1.29 is 34.3 Å². The zero-order chi connectivity index (χ0) is 13.5. The van der Waals surface area contributed by atoms with Gasteiger partial charge in [0.05, 0.1) is 18.8 Å². The first-order valence-electron chi connectivity index (χ1n) is 5.05. The van der Waals surface area contributed by atoms with E-state index in [1.54, 1.807) is 0 Å². The van der Waals surface area contributed by atoms with Crippen LogP contribution in [-0.4, -0.2) is 48.4 Å². The topological polar surface area (TPSA) is 105 Å². The lowest BCUT2D eigenvalue weighted by Gasteiger charge is -2.10. The van der Waals surface area contributed by atoms with Crippen molar-refractivity contribution in [3.05, 3.63) is 17.7 Å². The van der Waals surface area contributed by atoms with Crippen molar-refractivity contribution in [1.82, 2.24) is 0 Å². The molecule has 1 aromatic carbocycles. The highest BCUT2D eigenvalue weighted by Gasteiger charge is 2.14. The normalized spacial score (nSPS) is 10.3. The zero-order valence-corrected chi connectivity index (χ0v) is 9.75. The van der Waals surface area contributed by atoms with Crippen LogP contribution in [0.3, 0.4) is 0 Å². The van der Waals surface area contributed by atoms with Gasteiger partial charge in [-0.25, -0.2) is 4.79 Å². The van der Waals surface area contributed by atoms with Crippen LogP contribution in [0.25, 0.3) is 0 Å². The Morgan fingerprint density at radius 3 is 2.61 bits per heavy atom. The van der Waals surface area contributed by atoms with Crippen molar-refractivity contribution >= 4 is 5.97 Å². The monoisotopic (exact) mass is 258 g/mol. The summed E-state index contributed by atoms with van der Waals surface area (Å²) >= 11 is 0. The standard InChI is InChI=1S/C11H14O7/c1-16-2-3-17-6-18-9-5-7(11(14)15)4-8(12)10(9)13/h4-5,12-13H,2-3,6H2,1H3,(H,14,15). The number of phenolic OH excluding ortho intramolecular Hbond substituents is 2. The highest BCUT2D eigenvalue weighted by Crippen LogP contribution is 2.36. The van der Waals surface area contributed by atoms with Crippen molar-refractivity contribution in [2.75, 3.05) is 27.1 Å². The van der Waals surface area contributed by atoms with Gasteiger partial charge in [0.25, 0.3) is 0 Å². The van der Waals surface area contributed by atoms with Gasteiger partial charge in [-0.1, -0.05) is 0 Å². The molecular weight excluding hydrogens is 244 g/mol. The highest BCUT2D eigenvalue weighted by molar-refractivity contribution is 5.89. The summed E-state index contributed by atoms with van der Waals surface area (Å²) in [5.41, 5.74) is -0.197. The predicted octanol–water partition coefficient (Wildman–Crippen LogP) is 0.795. The lowest BCUT2D eigenvalue weighted by atomic mass is 10.2. The molecule has 0 radical (unpaired) electrons. The number of ether oxygens (including phenoxy) is 3. The van der Waals surface area contributed by atoms with Gasteiger partial charge in [0.1, 0.15) is 0 Å². The summed E-state index contributed by atoms with van der Waals surface area (Å²) in [6, 6.07) is 2.02. The maximum atomic E-state index is 10.7. The van der Waals surface area contributed by atoms with E-state index in [1.807, 2.05) is 0 Å². The summed E-state index contributed by atoms with van der Waals surface area (Å²) in [6.45, 7) is 0.483. The summed E-state index contributed by atoms with van der Waals surface area (Å²) in [5.74, 6) is -2.50. The van der Waals surface area contributed by atoms with Gasteiger partial charge in [0, 0.05) is 7.11 Å². The Morgan fingerprint density at radius 1 is 1.28 bits per heavy atom. The molecule has 1 aromatic rings. The molecule has 0 aliphatic rings. The largest absolute Gasteiger partial charge is 0.504 e. The number of carboxylic acids is 1. The Hall–Kier alpha value is -1.99. The van der Waals surface area contributed by atoms with Crippen LogP contribution in [-0.2, 0) is 9.47 Å². The zero-order valence-electron chi connectivity index (χ0n) is 9.75. The summed E-state index contributed by atoms with van der Waals surface area (Å²) in [5, 5.41) is 27.5. The Morgan fingerprint density at radius 2 is 2.00 bits per heavy atom. The van der Waals surface area contributed by atoms with Crippen LogP contribution in [0, 0.1) is 0 Å². The van der Waals surface area contributed by atoms with Crippen LogP contribution in [0.5, 0.6) is 17.2 Å². The maximum Gasteiger partial charge on any atom is 0.335 e. The summed E-state index contributed by atoms with van der Waals surface area (Å²) in [4.78, 5) is 10.7. The molecule has 0 bridgehead atoms. The average molecular weight is 258 g/mol. The quantitative estimate of drug-likeness (QED) is 0.377. The Balaban J connectivity index is 2.66. The van der Waals surface area contributed by atoms with Gasteiger partial charge in [0.2, 0.25) is 5.75 Å². The van der Waals surface area contributed by atoms with Crippen LogP contribution < -0.4 is 4.74 Å². The first kappa shape index (κ1) is 14.1. The van der Waals surface area contributed by atoms with Gasteiger partial charge in [-0.2, -0.15) is 0 Å². The minimum Gasteiger partial charge on any atom is -0.504 e. The summed E-state index contributed by atoms with van der Waals surface area (Å²) in [7, 11) is 1.52. The number of methoxy groups -OCH3 is 1. The molecule has 0 saturated carbocycles. The van der Waals surface area contributed by atoms with Crippen molar-refractivity contribution in [2.24, 2.45) is 0 Å². The molecule has 0 aliphatic carbocycles. The number of hydrogen-bond donors (Lipinski definition) is 3. The Bertz CT molecular complexity index is 416. The molecule has 0 unspecified atom stereocenters. The Kier molecular flexibility index (Phi) is 5.22. The fraction of sp³-hybridized carbons (Fsp3) is 0.364. The van der Waals surface area contributed by atoms with Gasteiger partial charge in [-0.15, -0.1) is 0 Å². The van der Waals surface area contributed by atoms with E-state index >= 15 is 0 Å². The molecule has 0 aliphatic heterocycles. The minimum absolute atomic E-state index is 0.162. The fourth-order valence-electron chi connectivity index (χ4n) is 1.13. The van der Waals surface area contributed by atoms with E-state index in [9.17, 15) is 15.0 Å². The molecule has 7 heteroatoms. The molecule has 0 amide bonds. The van der Waals surface area contributed by atoms with Crippen molar-refractivity contribution in [3.63, 3.8) is 0 Å². The third kappa shape index (κ3) is 3.79. The van der Waals surface area contributed by atoms with E-state index in [0.717, 1.165) is 12.1 Å². The molecule has 7 nitrogen and oxygen atoms in total. The van der Waals surface area contributed by atoms with E-state index in [2.05, 4.69) is 0 Å². The molecule has 18 heavy (non-hydrogen) atoms. The molecule has 100 valence electrons. The molecule has 0 spiro atoms. The van der Waals surface area contributed by atoms with Crippen LogP contribution >= 0.6 is 0 Å². The molecule has 0 aromatic heterocycles. The van der Waals surface area contributed by atoms with Crippen molar-refractivity contribution in [3.8, 4) is 17.2 Å². The number of rotatable bonds is 7. The van der Waals surface area contributed by atoms with Gasteiger partial charge in [-0.3, -0.25) is 0 Å². The number of aromatic carboxylic acids is 1. The van der Waals surface area contributed by atoms with E-state index in [0.29, 0.717) is 13.2 Å². The second kappa shape index (κ2) is 6.67.